The summed E-state index contributed by atoms with van der Waals surface area (Å²) in [5, 5.41) is 15.2. The molecule has 6 rings (SSSR count). The molecule has 2 N–H and O–H groups in total. The molecule has 3 aliphatic rings. The largest absolute Gasteiger partial charge is 0.391 e. The number of fused-ring (bicyclic) bond motifs is 1. The smallest absolute Gasteiger partial charge is 0.321 e. The Morgan fingerprint density at radius 1 is 1.09 bits per heavy atom. The fraction of sp³-hybridized carbons (Fsp3) is 0.452. The van der Waals surface area contributed by atoms with Crippen molar-refractivity contribution < 1.29 is 28.2 Å². The molecule has 1 amide bonds. The van der Waals surface area contributed by atoms with E-state index < -0.39 is 36.9 Å². The van der Waals surface area contributed by atoms with Crippen LogP contribution in [-0.4, -0.2) is 102 Å². The molecule has 13 heteroatoms. The van der Waals surface area contributed by atoms with Gasteiger partial charge in [0.05, 0.1) is 42.0 Å². The van der Waals surface area contributed by atoms with Crippen molar-refractivity contribution in [1.29, 1.82) is 0 Å². The highest BCUT2D eigenvalue weighted by atomic mass is 35.5. The van der Waals surface area contributed by atoms with Crippen molar-refractivity contribution in [3.8, 4) is 11.1 Å². The number of piperazine rings is 1. The molecule has 2 aromatic carbocycles. The number of alkyl halides is 2. The quantitative estimate of drug-likeness (QED) is 0.302. The molecular formula is C31H33Cl2F2N5O4. The summed E-state index contributed by atoms with van der Waals surface area (Å²) in [6.45, 7) is 3.12. The molecule has 3 aromatic rings. The van der Waals surface area contributed by atoms with E-state index in [9.17, 15) is 14.3 Å². The normalized spacial score (nSPS) is 24.3. The van der Waals surface area contributed by atoms with E-state index in [0.717, 1.165) is 36.6 Å². The lowest BCUT2D eigenvalue weighted by Crippen LogP contribution is -2.51. The summed E-state index contributed by atoms with van der Waals surface area (Å²) < 4.78 is 43.0. The number of amides is 1. The van der Waals surface area contributed by atoms with Crippen LogP contribution in [0.2, 0.25) is 10.0 Å². The van der Waals surface area contributed by atoms with Crippen LogP contribution in [0.25, 0.3) is 11.1 Å². The topological polar surface area (TPSA) is 100 Å². The number of rotatable bonds is 11. The van der Waals surface area contributed by atoms with Crippen molar-refractivity contribution in [2.75, 3.05) is 52.5 Å². The van der Waals surface area contributed by atoms with Gasteiger partial charge in [0.25, 0.3) is 5.91 Å². The fourth-order valence-corrected chi connectivity index (χ4v) is 6.05. The summed E-state index contributed by atoms with van der Waals surface area (Å²) >= 11 is 12.2. The number of aliphatic hydroxyl groups is 1. The molecule has 0 saturated carbocycles. The van der Waals surface area contributed by atoms with Gasteiger partial charge in [-0.2, -0.15) is 4.39 Å². The van der Waals surface area contributed by atoms with Gasteiger partial charge in [0, 0.05) is 56.6 Å². The van der Waals surface area contributed by atoms with Crippen LogP contribution in [0.5, 0.6) is 0 Å². The number of benzene rings is 2. The third-order valence-corrected chi connectivity index (χ3v) is 8.75. The molecule has 1 aromatic heterocycles. The average molecular weight is 649 g/mol. The highest BCUT2D eigenvalue weighted by Crippen LogP contribution is 2.47. The predicted molar refractivity (Wildman–Crippen MR) is 161 cm³/mol. The van der Waals surface area contributed by atoms with Crippen LogP contribution in [0.4, 0.5) is 8.78 Å². The number of carbonyl (C=O) groups excluding carboxylic acids is 1. The molecule has 234 valence electrons. The van der Waals surface area contributed by atoms with Gasteiger partial charge in [0.2, 0.25) is 0 Å². The van der Waals surface area contributed by atoms with Crippen LogP contribution in [0.1, 0.15) is 33.7 Å². The fourth-order valence-electron chi connectivity index (χ4n) is 5.83. The molecule has 2 fully saturated rings. The van der Waals surface area contributed by atoms with E-state index in [2.05, 4.69) is 20.2 Å². The minimum Gasteiger partial charge on any atom is -0.391 e. The second-order valence-electron chi connectivity index (χ2n) is 11.2. The minimum atomic E-state index is -2.83. The molecular weight excluding hydrogens is 615 g/mol. The Morgan fingerprint density at radius 2 is 1.80 bits per heavy atom. The van der Waals surface area contributed by atoms with Crippen molar-refractivity contribution in [3.05, 3.63) is 81.4 Å². The molecule has 0 radical (unpaired) electrons. The van der Waals surface area contributed by atoms with Gasteiger partial charge in [-0.1, -0.05) is 41.4 Å². The zero-order chi connectivity index (χ0) is 30.8. The Morgan fingerprint density at radius 3 is 2.45 bits per heavy atom. The summed E-state index contributed by atoms with van der Waals surface area (Å²) in [4.78, 5) is 25.6. The van der Waals surface area contributed by atoms with Gasteiger partial charge in [-0.15, -0.1) is 0 Å². The predicted octanol–water partition coefficient (Wildman–Crippen LogP) is 3.99. The molecule has 2 saturated heterocycles. The second-order valence-corrected chi connectivity index (χ2v) is 12.1. The Bertz CT molecular complexity index is 1480. The second kappa shape index (κ2) is 13.3. The van der Waals surface area contributed by atoms with Gasteiger partial charge in [0.15, 0.2) is 6.17 Å². The van der Waals surface area contributed by atoms with Gasteiger partial charge in [-0.3, -0.25) is 9.69 Å². The first-order valence-corrected chi connectivity index (χ1v) is 15.4. The Balaban J connectivity index is 1.39. The summed E-state index contributed by atoms with van der Waals surface area (Å²) in [5.41, 5.74) is 1.79. The maximum Gasteiger partial charge on any atom is 0.321 e. The van der Waals surface area contributed by atoms with Gasteiger partial charge >= 0.3 is 5.98 Å². The van der Waals surface area contributed by atoms with E-state index in [-0.39, 0.29) is 30.7 Å². The average Bonchev–Trinajstić information content (AvgIpc) is 3.23. The summed E-state index contributed by atoms with van der Waals surface area (Å²) in [5.74, 6) is -3.13. The monoisotopic (exact) mass is 647 g/mol. The number of ether oxygens (including phenoxy) is 2. The van der Waals surface area contributed by atoms with Crippen molar-refractivity contribution in [2.45, 2.75) is 37.2 Å². The van der Waals surface area contributed by atoms with Crippen LogP contribution in [0.15, 0.2) is 48.8 Å². The standard InChI is InChI=1S/C31H33Cl2F2N5O4/c32-20-3-1-19(2-4-20)23-5-6-24-29(25(23)13-28-37-14-21(33)15-38-28)31(35,44-18-27-26(34)17-43-27)40(30(24)42)16-22(41)7-10-39-11-8-36-9-12-39/h1-6,14-15,22,26-27,36,41H,7-13,16-18H2/t22?,26?,27?,31-/m1/s1. The first kappa shape index (κ1) is 31.2. The van der Waals surface area contributed by atoms with Crippen molar-refractivity contribution in [3.63, 3.8) is 0 Å². The van der Waals surface area contributed by atoms with Crippen LogP contribution < -0.4 is 5.32 Å². The minimum absolute atomic E-state index is 0.0301. The van der Waals surface area contributed by atoms with Crippen molar-refractivity contribution in [2.24, 2.45) is 0 Å². The van der Waals surface area contributed by atoms with Crippen LogP contribution in [-0.2, 0) is 21.9 Å². The zero-order valence-corrected chi connectivity index (χ0v) is 25.4. The molecule has 0 aliphatic carbocycles. The van der Waals surface area contributed by atoms with Crippen molar-refractivity contribution in [1.82, 2.24) is 25.1 Å². The van der Waals surface area contributed by atoms with Crippen LogP contribution in [0.3, 0.4) is 0 Å². The van der Waals surface area contributed by atoms with E-state index in [4.69, 9.17) is 32.7 Å². The van der Waals surface area contributed by atoms with E-state index in [1.54, 1.807) is 36.4 Å². The Labute approximate surface area is 264 Å². The van der Waals surface area contributed by atoms with Crippen molar-refractivity contribution >= 4 is 29.1 Å². The Hall–Kier alpha value is -2.77. The molecule has 9 nitrogen and oxygen atoms in total. The van der Waals surface area contributed by atoms with E-state index in [1.807, 2.05) is 0 Å². The number of aromatic nitrogens is 2. The van der Waals surface area contributed by atoms with Crippen LogP contribution in [0, 0.1) is 0 Å². The molecule has 44 heavy (non-hydrogen) atoms. The third-order valence-electron chi connectivity index (χ3n) is 8.30. The molecule has 0 bridgehead atoms. The number of β-amino-alcohol motifs (C(OH)–C–C–N with tert-alkyl or cyclic N) is 1. The first-order chi connectivity index (χ1) is 21.2. The number of nitrogens with one attached hydrogen (secondary N) is 1. The molecule has 0 spiro atoms. The van der Waals surface area contributed by atoms with E-state index in [1.165, 1.54) is 12.4 Å². The molecule has 3 aliphatic heterocycles. The van der Waals surface area contributed by atoms with Gasteiger partial charge in [-0.25, -0.2) is 14.4 Å². The van der Waals surface area contributed by atoms with Gasteiger partial charge < -0.3 is 24.8 Å². The number of halogens is 4. The summed E-state index contributed by atoms with van der Waals surface area (Å²) in [6.07, 6.45) is -0.0680. The first-order valence-electron chi connectivity index (χ1n) is 14.6. The van der Waals surface area contributed by atoms with E-state index >= 15 is 4.39 Å². The number of nitrogens with zero attached hydrogens (tertiary/aromatic N) is 4. The number of hydrogen-bond donors (Lipinski definition) is 2. The summed E-state index contributed by atoms with van der Waals surface area (Å²) in [6, 6.07) is 10.3. The van der Waals surface area contributed by atoms with E-state index in [0.29, 0.717) is 40.0 Å². The highest BCUT2D eigenvalue weighted by Gasteiger charge is 2.55. The number of hydrogen-bond acceptors (Lipinski definition) is 8. The maximum atomic E-state index is 17.7. The SMILES string of the molecule is O=C1c2ccc(-c3ccc(Cl)cc3)c(Cc3ncc(Cl)cn3)c2[C@](F)(OCC2OCC2F)N1CC(O)CCN1CCNCC1. The van der Waals surface area contributed by atoms with Gasteiger partial charge in [0.1, 0.15) is 11.9 Å². The zero-order valence-electron chi connectivity index (χ0n) is 23.9. The Kier molecular flexibility index (Phi) is 9.44. The third kappa shape index (κ3) is 6.46. The molecule has 4 heterocycles. The molecule has 3 unspecified atom stereocenters. The maximum absolute atomic E-state index is 17.7. The summed E-state index contributed by atoms with van der Waals surface area (Å²) in [7, 11) is 0. The highest BCUT2D eigenvalue weighted by molar-refractivity contribution is 6.30. The number of aliphatic hydroxyl groups excluding tert-OH is 1. The number of carbonyl (C=O) groups is 1. The molecule has 4 atom stereocenters. The lowest BCUT2D eigenvalue weighted by Gasteiger charge is -2.37. The lowest BCUT2D eigenvalue weighted by molar-refractivity contribution is -0.266. The lowest BCUT2D eigenvalue weighted by atomic mass is 9.89. The van der Waals surface area contributed by atoms with Crippen LogP contribution >= 0.6 is 23.2 Å². The van der Waals surface area contributed by atoms with Gasteiger partial charge in [-0.05, 0) is 41.3 Å².